The van der Waals surface area contributed by atoms with Crippen molar-refractivity contribution in [3.8, 4) is 16.9 Å². The van der Waals surface area contributed by atoms with Gasteiger partial charge in [0.2, 0.25) is 0 Å². The predicted octanol–water partition coefficient (Wildman–Crippen LogP) is 5.95. The number of benzene rings is 2. The third-order valence-electron chi connectivity index (χ3n) is 3.64. The summed E-state index contributed by atoms with van der Waals surface area (Å²) in [5.41, 5.74) is 3.56. The fourth-order valence-electron chi connectivity index (χ4n) is 2.32. The van der Waals surface area contributed by atoms with Gasteiger partial charge in [-0.05, 0) is 42.2 Å². The Bertz CT molecular complexity index is 551. The largest absolute Gasteiger partial charge is 0.491 e. The molecule has 1 unspecified atom stereocenters. The van der Waals surface area contributed by atoms with Gasteiger partial charge in [-0.15, -0.1) is 0 Å². The van der Waals surface area contributed by atoms with Crippen molar-refractivity contribution in [3.63, 3.8) is 0 Å². The van der Waals surface area contributed by atoms with E-state index in [9.17, 15) is 0 Å². The molecule has 2 rings (SSSR count). The Morgan fingerprint density at radius 2 is 1.57 bits per heavy atom. The summed E-state index contributed by atoms with van der Waals surface area (Å²) >= 11 is 0. The molecule has 2 aromatic rings. The van der Waals surface area contributed by atoms with Crippen LogP contribution in [0.2, 0.25) is 0 Å². The van der Waals surface area contributed by atoms with E-state index in [1.165, 1.54) is 24.0 Å². The average Bonchev–Trinajstić information content (AvgIpc) is 2.54. The minimum absolute atomic E-state index is 0.280. The van der Waals surface area contributed by atoms with Gasteiger partial charge in [-0.2, -0.15) is 0 Å². The van der Waals surface area contributed by atoms with Crippen LogP contribution in [-0.4, -0.2) is 6.10 Å². The summed E-state index contributed by atoms with van der Waals surface area (Å²) in [6, 6.07) is 16.8. The fourth-order valence-corrected chi connectivity index (χ4v) is 2.32. The van der Waals surface area contributed by atoms with Gasteiger partial charge < -0.3 is 4.74 Å². The standard InChI is InChI=1S/C20H24O/c1-4-6-7-16(3)21-20-14-12-19(13-15-20)18-10-8-17(5-2)9-11-18/h5,8-16H,2,4,6-7H2,1,3H3. The van der Waals surface area contributed by atoms with Crippen LogP contribution in [-0.2, 0) is 0 Å². The van der Waals surface area contributed by atoms with E-state index >= 15 is 0 Å². The summed E-state index contributed by atoms with van der Waals surface area (Å²) in [6.45, 7) is 8.12. The molecule has 0 aromatic heterocycles. The Morgan fingerprint density at radius 3 is 2.10 bits per heavy atom. The van der Waals surface area contributed by atoms with Crippen LogP contribution in [0.1, 0.15) is 38.7 Å². The minimum Gasteiger partial charge on any atom is -0.491 e. The molecule has 0 radical (unpaired) electrons. The molecule has 1 atom stereocenters. The van der Waals surface area contributed by atoms with Crippen LogP contribution in [0, 0.1) is 0 Å². The van der Waals surface area contributed by atoms with E-state index < -0.39 is 0 Å². The summed E-state index contributed by atoms with van der Waals surface area (Å²) in [7, 11) is 0. The van der Waals surface area contributed by atoms with Crippen LogP contribution >= 0.6 is 0 Å². The molecule has 0 amide bonds. The molecule has 0 heterocycles. The van der Waals surface area contributed by atoms with Crippen LogP contribution < -0.4 is 4.74 Å². The normalized spacial score (nSPS) is 11.9. The maximum absolute atomic E-state index is 5.93. The van der Waals surface area contributed by atoms with Gasteiger partial charge in [0, 0.05) is 0 Å². The third-order valence-corrected chi connectivity index (χ3v) is 3.64. The Balaban J connectivity index is 2.02. The molecule has 0 fully saturated rings. The smallest absolute Gasteiger partial charge is 0.119 e. The van der Waals surface area contributed by atoms with Crippen molar-refractivity contribution in [2.24, 2.45) is 0 Å². The van der Waals surface area contributed by atoms with E-state index in [4.69, 9.17) is 4.74 Å². The fraction of sp³-hybridized carbons (Fsp3) is 0.300. The quantitative estimate of drug-likeness (QED) is 0.608. The first-order chi connectivity index (χ1) is 10.2. The zero-order valence-corrected chi connectivity index (χ0v) is 13.0. The topological polar surface area (TPSA) is 9.23 Å². The van der Waals surface area contributed by atoms with Gasteiger partial charge in [0.15, 0.2) is 0 Å². The van der Waals surface area contributed by atoms with Crippen molar-refractivity contribution in [3.05, 3.63) is 60.7 Å². The van der Waals surface area contributed by atoms with E-state index in [1.807, 2.05) is 6.08 Å². The van der Waals surface area contributed by atoms with Gasteiger partial charge in [-0.1, -0.05) is 68.8 Å². The van der Waals surface area contributed by atoms with Crippen LogP contribution in [0.4, 0.5) is 0 Å². The summed E-state index contributed by atoms with van der Waals surface area (Å²) in [5.74, 6) is 0.949. The summed E-state index contributed by atoms with van der Waals surface area (Å²) in [5, 5.41) is 0. The number of hydrogen-bond donors (Lipinski definition) is 0. The SMILES string of the molecule is C=Cc1ccc(-c2ccc(OC(C)CCCC)cc2)cc1. The van der Waals surface area contributed by atoms with Gasteiger partial charge in [-0.3, -0.25) is 0 Å². The van der Waals surface area contributed by atoms with Crippen molar-refractivity contribution in [1.29, 1.82) is 0 Å². The van der Waals surface area contributed by atoms with Crippen LogP contribution in [0.15, 0.2) is 55.1 Å². The van der Waals surface area contributed by atoms with Crippen molar-refractivity contribution in [2.45, 2.75) is 39.2 Å². The molecule has 21 heavy (non-hydrogen) atoms. The Hall–Kier alpha value is -2.02. The number of rotatable bonds is 7. The lowest BCUT2D eigenvalue weighted by atomic mass is 10.0. The maximum atomic E-state index is 5.93. The number of hydrogen-bond acceptors (Lipinski definition) is 1. The molecule has 0 saturated heterocycles. The summed E-state index contributed by atoms with van der Waals surface area (Å²) in [4.78, 5) is 0. The number of ether oxygens (including phenoxy) is 1. The van der Waals surface area contributed by atoms with Crippen molar-refractivity contribution < 1.29 is 4.74 Å². The second kappa shape index (κ2) is 7.68. The Morgan fingerprint density at radius 1 is 1.00 bits per heavy atom. The third kappa shape index (κ3) is 4.49. The predicted molar refractivity (Wildman–Crippen MR) is 91.6 cm³/mol. The van der Waals surface area contributed by atoms with Crippen LogP contribution in [0.25, 0.3) is 17.2 Å². The van der Waals surface area contributed by atoms with E-state index in [2.05, 4.69) is 69.0 Å². The first-order valence-corrected chi connectivity index (χ1v) is 7.72. The van der Waals surface area contributed by atoms with Gasteiger partial charge >= 0.3 is 0 Å². The molecular weight excluding hydrogens is 256 g/mol. The molecule has 110 valence electrons. The first kappa shape index (κ1) is 15.4. The number of unbranched alkanes of at least 4 members (excludes halogenated alkanes) is 1. The molecule has 1 heteroatoms. The van der Waals surface area contributed by atoms with E-state index in [0.29, 0.717) is 0 Å². The van der Waals surface area contributed by atoms with Crippen LogP contribution in [0.5, 0.6) is 5.75 Å². The minimum atomic E-state index is 0.280. The molecule has 0 saturated carbocycles. The van der Waals surface area contributed by atoms with Gasteiger partial charge in [-0.25, -0.2) is 0 Å². The lowest BCUT2D eigenvalue weighted by Crippen LogP contribution is -2.11. The molecule has 2 aromatic carbocycles. The van der Waals surface area contributed by atoms with E-state index in [1.54, 1.807) is 0 Å². The zero-order valence-electron chi connectivity index (χ0n) is 13.0. The van der Waals surface area contributed by atoms with Crippen LogP contribution in [0.3, 0.4) is 0 Å². The highest BCUT2D eigenvalue weighted by Crippen LogP contribution is 2.24. The molecule has 0 N–H and O–H groups in total. The van der Waals surface area contributed by atoms with Crippen molar-refractivity contribution >= 4 is 6.08 Å². The zero-order chi connectivity index (χ0) is 15.1. The average molecular weight is 280 g/mol. The van der Waals surface area contributed by atoms with Crippen molar-refractivity contribution in [1.82, 2.24) is 0 Å². The highest BCUT2D eigenvalue weighted by atomic mass is 16.5. The maximum Gasteiger partial charge on any atom is 0.119 e. The molecule has 0 aliphatic carbocycles. The second-order valence-electron chi connectivity index (χ2n) is 5.42. The summed E-state index contributed by atoms with van der Waals surface area (Å²) < 4.78 is 5.93. The first-order valence-electron chi connectivity index (χ1n) is 7.72. The van der Waals surface area contributed by atoms with Gasteiger partial charge in [0.05, 0.1) is 6.10 Å². The Kier molecular flexibility index (Phi) is 5.62. The monoisotopic (exact) mass is 280 g/mol. The summed E-state index contributed by atoms with van der Waals surface area (Å²) in [6.07, 6.45) is 5.68. The molecule has 0 aliphatic heterocycles. The molecule has 0 spiro atoms. The molecule has 1 nitrogen and oxygen atoms in total. The Labute approximate surface area is 128 Å². The highest BCUT2D eigenvalue weighted by molar-refractivity contribution is 5.66. The van der Waals surface area contributed by atoms with Gasteiger partial charge in [0.1, 0.15) is 5.75 Å². The second-order valence-corrected chi connectivity index (χ2v) is 5.42. The van der Waals surface area contributed by atoms with Crippen molar-refractivity contribution in [2.75, 3.05) is 0 Å². The lowest BCUT2D eigenvalue weighted by molar-refractivity contribution is 0.207. The van der Waals surface area contributed by atoms with Gasteiger partial charge in [0.25, 0.3) is 0 Å². The molecular formula is C20H24O. The van der Waals surface area contributed by atoms with E-state index in [0.717, 1.165) is 17.7 Å². The highest BCUT2D eigenvalue weighted by Gasteiger charge is 2.04. The van der Waals surface area contributed by atoms with E-state index in [-0.39, 0.29) is 6.10 Å². The molecule has 0 aliphatic rings. The lowest BCUT2D eigenvalue weighted by Gasteiger charge is -2.14. The molecule has 0 bridgehead atoms.